The van der Waals surface area contributed by atoms with Crippen LogP contribution in [0.4, 0.5) is 12.3 Å². The van der Waals surface area contributed by atoms with Crippen LogP contribution in [0.25, 0.3) is 0 Å². The van der Waals surface area contributed by atoms with Gasteiger partial charge in [0.15, 0.2) is 0 Å². The lowest BCUT2D eigenvalue weighted by atomic mass is 11.4. The molecule has 0 atom stereocenters. The molecule has 0 rings (SSSR count). The summed E-state index contributed by atoms with van der Waals surface area (Å²) in [6.45, 7) is 5.38. The highest BCUT2D eigenvalue weighted by atomic mass is 28.5. The summed E-state index contributed by atoms with van der Waals surface area (Å²) in [6, 6.07) is 0. The molecule has 0 aliphatic rings. The van der Waals surface area contributed by atoms with Gasteiger partial charge in [0.1, 0.15) is 8.07 Å². The highest BCUT2D eigenvalue weighted by molar-refractivity contribution is 6.85. The lowest BCUT2D eigenvalue weighted by Crippen LogP contribution is -2.20. The van der Waals surface area contributed by atoms with Crippen LogP contribution in [-0.4, -0.2) is 17.1 Å². The quantitative estimate of drug-likeness (QED) is 0.306. The van der Waals surface area contributed by atoms with Gasteiger partial charge >= 0.3 is 9.08 Å². The van der Waals surface area contributed by atoms with Crippen molar-refractivity contribution in [1.29, 1.82) is 0 Å². The van der Waals surface area contributed by atoms with Crippen molar-refractivity contribution in [2.45, 2.75) is 19.6 Å². The van der Waals surface area contributed by atoms with Gasteiger partial charge in [0, 0.05) is 0 Å². The Labute approximate surface area is 61.0 Å². The van der Waals surface area contributed by atoms with Crippen LogP contribution in [0.15, 0.2) is 0 Å². The highest BCUT2D eigenvalue weighted by Gasteiger charge is 2.35. The van der Waals surface area contributed by atoms with Crippen LogP contribution in [0.3, 0.4) is 0 Å². The van der Waals surface area contributed by atoms with E-state index in [1.165, 1.54) is 5.54 Å². The van der Waals surface area contributed by atoms with Crippen LogP contribution in [0.2, 0.25) is 19.6 Å². The molecule has 0 aromatic heterocycles. The largest absolute Gasteiger partial charge is 0.708 e. The highest BCUT2D eigenvalue weighted by Crippen LogP contribution is 2.06. The normalized spacial score (nSPS) is 12.2. The zero-order valence-corrected chi connectivity index (χ0v) is 8.13. The second-order valence-corrected chi connectivity index (χ2v) is 8.99. The average molecular weight is 182 g/mol. The lowest BCUT2D eigenvalue weighted by Gasteiger charge is -2.03. The molecule has 0 aliphatic heterocycles. The monoisotopic (exact) mass is 182 g/mol. The predicted molar refractivity (Wildman–Crippen MR) is 40.2 cm³/mol. The van der Waals surface area contributed by atoms with Crippen molar-refractivity contribution in [3.63, 3.8) is 0 Å². The van der Waals surface area contributed by atoms with Crippen LogP contribution in [0.1, 0.15) is 0 Å². The number of halogens is 3. The summed E-state index contributed by atoms with van der Waals surface area (Å²) in [5.74, 6) is 0. The summed E-state index contributed by atoms with van der Waals surface area (Å²) >= 11 is 0. The number of hydrogen-bond donors (Lipinski definition) is 0. The maximum atomic E-state index is 11.6. The molecule has 10 heavy (non-hydrogen) atoms. The van der Waals surface area contributed by atoms with E-state index in [4.69, 9.17) is 0 Å². The van der Waals surface area contributed by atoms with E-state index in [0.717, 1.165) is 0 Å². The molecule has 58 valence electrons. The molecule has 0 fully saturated rings. The fourth-order valence-corrected chi connectivity index (χ4v) is 2.33. The first-order chi connectivity index (χ1) is 4.21. The minimum atomic E-state index is -5.59. The Bertz CT molecular complexity index is 148. The first-order valence-corrected chi connectivity index (χ1v) is 7.95. The lowest BCUT2D eigenvalue weighted by molar-refractivity contribution is 0.504. The van der Waals surface area contributed by atoms with Gasteiger partial charge in [0.05, 0.1) is 0 Å². The molecule has 5 heteroatoms. The van der Waals surface area contributed by atoms with Crippen molar-refractivity contribution in [2.24, 2.45) is 0 Å². The van der Waals surface area contributed by atoms with E-state index in [-0.39, 0.29) is 0 Å². The first kappa shape index (κ1) is 9.78. The summed E-state index contributed by atoms with van der Waals surface area (Å²) in [6.07, 6.45) is 0. The molecule has 0 saturated carbocycles. The maximum Gasteiger partial charge on any atom is 0.708 e. The van der Waals surface area contributed by atoms with E-state index in [0.29, 0.717) is 0 Å². The standard InChI is InChI=1S/C5H9F3Si2/c1-9(2,3)4-5-10(6,7)8/h1-3H3. The Morgan fingerprint density at radius 1 is 0.900 bits per heavy atom. The minimum Gasteiger partial charge on any atom is -0.228 e. The second kappa shape index (κ2) is 2.80. The predicted octanol–water partition coefficient (Wildman–Crippen LogP) is 2.25. The van der Waals surface area contributed by atoms with Crippen LogP contribution >= 0.6 is 0 Å². The Morgan fingerprint density at radius 3 is 1.40 bits per heavy atom. The average Bonchev–Trinajstić information content (AvgIpc) is 1.57. The fraction of sp³-hybridized carbons (Fsp3) is 0.600. The van der Waals surface area contributed by atoms with Gasteiger partial charge in [-0.15, -0.1) is 5.54 Å². The van der Waals surface area contributed by atoms with Gasteiger partial charge in [-0.3, -0.25) is 0 Å². The van der Waals surface area contributed by atoms with Gasteiger partial charge in [0.25, 0.3) is 0 Å². The molecule has 0 bridgehead atoms. The van der Waals surface area contributed by atoms with Gasteiger partial charge in [0.2, 0.25) is 0 Å². The Kier molecular flexibility index (Phi) is 2.74. The molecular weight excluding hydrogens is 173 g/mol. The molecule has 0 aromatic carbocycles. The van der Waals surface area contributed by atoms with E-state index in [9.17, 15) is 12.3 Å². The molecule has 0 spiro atoms. The Hall–Kier alpha value is -0.216. The number of rotatable bonds is 0. The van der Waals surface area contributed by atoms with Crippen LogP contribution < -0.4 is 0 Å². The van der Waals surface area contributed by atoms with Crippen molar-refractivity contribution in [3.05, 3.63) is 0 Å². The minimum absolute atomic E-state index is 1.41. The fourth-order valence-electron chi connectivity index (χ4n) is 0.258. The van der Waals surface area contributed by atoms with Crippen molar-refractivity contribution in [3.8, 4) is 11.1 Å². The van der Waals surface area contributed by atoms with Crippen LogP contribution in [-0.2, 0) is 0 Å². The third kappa shape index (κ3) is 7.78. The Balaban J connectivity index is 4.19. The zero-order valence-electron chi connectivity index (χ0n) is 6.13. The Morgan fingerprint density at radius 2 is 1.30 bits per heavy atom. The summed E-state index contributed by atoms with van der Waals surface area (Å²) in [5.41, 5.74) is 3.70. The maximum absolute atomic E-state index is 11.6. The molecule has 0 nitrogen and oxygen atoms in total. The third-order valence-electron chi connectivity index (χ3n) is 0.579. The molecule has 0 radical (unpaired) electrons. The van der Waals surface area contributed by atoms with Crippen molar-refractivity contribution >= 4 is 17.1 Å². The van der Waals surface area contributed by atoms with Crippen LogP contribution in [0, 0.1) is 11.1 Å². The molecule has 0 heterocycles. The molecule has 0 unspecified atom stereocenters. The molecule has 0 saturated heterocycles. The van der Waals surface area contributed by atoms with Crippen molar-refractivity contribution in [1.82, 2.24) is 0 Å². The molecule has 0 N–H and O–H groups in total. The summed E-state index contributed by atoms with van der Waals surface area (Å²) in [7, 11) is -7.41. The molecule has 0 aliphatic carbocycles. The van der Waals surface area contributed by atoms with Crippen molar-refractivity contribution < 1.29 is 12.3 Å². The second-order valence-electron chi connectivity index (χ2n) is 3.00. The first-order valence-electron chi connectivity index (χ1n) is 2.82. The van der Waals surface area contributed by atoms with E-state index in [1.54, 1.807) is 19.6 Å². The molecule has 0 amide bonds. The molecular formula is C5H9F3Si2. The summed E-state index contributed by atoms with van der Waals surface area (Å²) in [5, 5.41) is 0. The van der Waals surface area contributed by atoms with Gasteiger partial charge < -0.3 is 0 Å². The van der Waals surface area contributed by atoms with E-state index < -0.39 is 17.1 Å². The summed E-state index contributed by atoms with van der Waals surface area (Å²) < 4.78 is 34.7. The SMILES string of the molecule is C[Si](C)(C)C#C[Si](F)(F)F. The number of hydrogen-bond acceptors (Lipinski definition) is 0. The smallest absolute Gasteiger partial charge is 0.228 e. The third-order valence-corrected chi connectivity index (χ3v) is 2.11. The van der Waals surface area contributed by atoms with E-state index >= 15 is 0 Å². The summed E-state index contributed by atoms with van der Waals surface area (Å²) in [4.78, 5) is 0. The van der Waals surface area contributed by atoms with Gasteiger partial charge in [-0.1, -0.05) is 19.6 Å². The molecule has 0 aromatic rings. The zero-order chi connectivity index (χ0) is 8.41. The van der Waals surface area contributed by atoms with Gasteiger partial charge in [-0.25, -0.2) is 12.3 Å². The van der Waals surface area contributed by atoms with E-state index in [2.05, 4.69) is 5.54 Å². The van der Waals surface area contributed by atoms with E-state index in [1.807, 2.05) is 0 Å². The topological polar surface area (TPSA) is 0 Å². The van der Waals surface area contributed by atoms with Gasteiger partial charge in [-0.2, -0.15) is 0 Å². The van der Waals surface area contributed by atoms with Crippen molar-refractivity contribution in [2.75, 3.05) is 0 Å². The van der Waals surface area contributed by atoms with Crippen LogP contribution in [0.5, 0.6) is 0 Å². The van der Waals surface area contributed by atoms with Gasteiger partial charge in [-0.05, 0) is 5.54 Å².